The number of thiol groups is 1. The first-order valence-electron chi connectivity index (χ1n) is 5.07. The van der Waals surface area contributed by atoms with E-state index in [9.17, 15) is 10.2 Å². The van der Waals surface area contributed by atoms with Crippen LogP contribution >= 0.6 is 12.6 Å². The summed E-state index contributed by atoms with van der Waals surface area (Å²) < 4.78 is 4.97. The van der Waals surface area contributed by atoms with Gasteiger partial charge in [-0.2, -0.15) is 12.6 Å². The molecule has 5 heteroatoms. The zero-order valence-electron chi connectivity index (χ0n) is 9.42. The van der Waals surface area contributed by atoms with E-state index >= 15 is 0 Å². The number of hydrogen-bond donors (Lipinski definition) is 3. The molecule has 0 aliphatic rings. The highest BCUT2D eigenvalue weighted by atomic mass is 32.1. The summed E-state index contributed by atoms with van der Waals surface area (Å²) in [5.41, 5.74) is 1.47. The number of aliphatic hydroxyl groups excluding tert-OH is 2. The van der Waals surface area contributed by atoms with Gasteiger partial charge in [-0.3, -0.25) is 0 Å². The molecule has 0 aliphatic heterocycles. The van der Waals surface area contributed by atoms with Crippen molar-refractivity contribution in [2.75, 3.05) is 12.9 Å². The summed E-state index contributed by atoms with van der Waals surface area (Å²) in [7, 11) is 1.54. The van der Waals surface area contributed by atoms with Crippen molar-refractivity contribution >= 4 is 12.6 Å². The number of pyridine rings is 1. The summed E-state index contributed by atoms with van der Waals surface area (Å²) in [5, 5.41) is 19.6. The molecule has 1 rings (SSSR count). The second-order valence-corrected chi connectivity index (χ2v) is 4.05. The summed E-state index contributed by atoms with van der Waals surface area (Å²) in [6, 6.07) is 1.73. The van der Waals surface area contributed by atoms with E-state index in [2.05, 4.69) is 17.6 Å². The Labute approximate surface area is 101 Å². The van der Waals surface area contributed by atoms with Crippen LogP contribution in [0.25, 0.3) is 0 Å². The molecule has 2 N–H and O–H groups in total. The van der Waals surface area contributed by atoms with Crippen LogP contribution in [0, 0.1) is 6.92 Å². The molecular weight excluding hydrogens is 226 g/mol. The van der Waals surface area contributed by atoms with E-state index in [-0.39, 0.29) is 0 Å². The Hall–Kier alpha value is -0.780. The quantitative estimate of drug-likeness (QED) is 0.678. The Kier molecular flexibility index (Phi) is 5.05. The third-order valence-electron chi connectivity index (χ3n) is 2.44. The minimum absolute atomic E-state index is 0.440. The fourth-order valence-electron chi connectivity index (χ4n) is 1.46. The number of aliphatic hydroxyl groups is 2. The Morgan fingerprint density at radius 1 is 1.50 bits per heavy atom. The monoisotopic (exact) mass is 243 g/mol. The second kappa shape index (κ2) is 6.08. The third-order valence-corrected chi connectivity index (χ3v) is 2.70. The Morgan fingerprint density at radius 2 is 2.19 bits per heavy atom. The average Bonchev–Trinajstić information content (AvgIpc) is 2.28. The van der Waals surface area contributed by atoms with Gasteiger partial charge in [0.2, 0.25) is 5.88 Å². The van der Waals surface area contributed by atoms with Crippen LogP contribution in [0.3, 0.4) is 0 Å². The zero-order chi connectivity index (χ0) is 12.1. The number of ether oxygens (including phenoxy) is 1. The molecule has 4 nitrogen and oxygen atoms in total. The van der Waals surface area contributed by atoms with Gasteiger partial charge in [-0.25, -0.2) is 4.98 Å². The number of hydrogen-bond acceptors (Lipinski definition) is 5. The van der Waals surface area contributed by atoms with Crippen LogP contribution in [0.15, 0.2) is 12.3 Å². The lowest BCUT2D eigenvalue weighted by Crippen LogP contribution is -2.19. The molecule has 90 valence electrons. The van der Waals surface area contributed by atoms with Gasteiger partial charge in [-0.1, -0.05) is 0 Å². The lowest BCUT2D eigenvalue weighted by atomic mass is 10.0. The number of nitrogens with zero attached hydrogens (tertiary/aromatic N) is 1. The number of rotatable bonds is 5. The maximum Gasteiger partial charge on any atom is 0.213 e. The van der Waals surface area contributed by atoms with Crippen LogP contribution in [0.4, 0.5) is 0 Å². The zero-order valence-corrected chi connectivity index (χ0v) is 10.3. The number of aryl methyl sites for hydroxylation is 1. The number of aromatic nitrogens is 1. The molecule has 0 saturated heterocycles. The van der Waals surface area contributed by atoms with Crippen molar-refractivity contribution in [1.82, 2.24) is 4.98 Å². The molecule has 0 amide bonds. The van der Waals surface area contributed by atoms with Crippen molar-refractivity contribution in [3.8, 4) is 5.88 Å². The fraction of sp³-hybridized carbons (Fsp3) is 0.545. The van der Waals surface area contributed by atoms with Crippen LogP contribution in [-0.4, -0.2) is 34.2 Å². The summed E-state index contributed by atoms with van der Waals surface area (Å²) >= 11 is 4.02. The van der Waals surface area contributed by atoms with Crippen LogP contribution < -0.4 is 4.74 Å². The molecule has 1 aromatic heterocycles. The smallest absolute Gasteiger partial charge is 0.213 e. The Morgan fingerprint density at radius 3 is 2.69 bits per heavy atom. The van der Waals surface area contributed by atoms with Crippen molar-refractivity contribution in [3.63, 3.8) is 0 Å². The van der Waals surface area contributed by atoms with Crippen molar-refractivity contribution in [2.24, 2.45) is 0 Å². The van der Waals surface area contributed by atoms with Gasteiger partial charge in [0.15, 0.2) is 0 Å². The van der Waals surface area contributed by atoms with E-state index in [1.165, 1.54) is 13.3 Å². The topological polar surface area (TPSA) is 62.6 Å². The van der Waals surface area contributed by atoms with Crippen LogP contribution in [0.1, 0.15) is 23.7 Å². The molecule has 16 heavy (non-hydrogen) atoms. The predicted octanol–water partition coefficient (Wildman–Crippen LogP) is 1.11. The molecule has 2 unspecified atom stereocenters. The molecule has 0 aliphatic carbocycles. The Balaban J connectivity index is 2.87. The van der Waals surface area contributed by atoms with Crippen molar-refractivity contribution in [1.29, 1.82) is 0 Å². The van der Waals surface area contributed by atoms with Gasteiger partial charge in [0.05, 0.1) is 13.2 Å². The standard InChI is InChI=1S/C11H17NO3S/c1-7-5-10(15-2)12-6-8(7)11(14)9(13)3-4-16/h5-6,9,11,13-14,16H,3-4H2,1-2H3. The first kappa shape index (κ1) is 13.3. The maximum absolute atomic E-state index is 9.90. The van der Waals surface area contributed by atoms with E-state index in [0.29, 0.717) is 23.6 Å². The van der Waals surface area contributed by atoms with Gasteiger partial charge < -0.3 is 14.9 Å². The van der Waals surface area contributed by atoms with Crippen LogP contribution in [0.2, 0.25) is 0 Å². The maximum atomic E-state index is 9.90. The normalized spacial score (nSPS) is 14.6. The van der Waals surface area contributed by atoms with Crippen molar-refractivity contribution in [2.45, 2.75) is 25.6 Å². The predicted molar refractivity (Wildman–Crippen MR) is 65.0 cm³/mol. The highest BCUT2D eigenvalue weighted by Crippen LogP contribution is 2.24. The van der Waals surface area contributed by atoms with Gasteiger partial charge >= 0.3 is 0 Å². The van der Waals surface area contributed by atoms with Crippen LogP contribution in [-0.2, 0) is 0 Å². The molecule has 0 saturated carbocycles. The van der Waals surface area contributed by atoms with Gasteiger partial charge in [-0.05, 0) is 24.7 Å². The average molecular weight is 243 g/mol. The third kappa shape index (κ3) is 3.10. The molecule has 0 radical (unpaired) electrons. The molecule has 0 bridgehead atoms. The first-order valence-corrected chi connectivity index (χ1v) is 5.71. The van der Waals surface area contributed by atoms with Gasteiger partial charge in [-0.15, -0.1) is 0 Å². The van der Waals surface area contributed by atoms with E-state index in [0.717, 1.165) is 5.56 Å². The van der Waals surface area contributed by atoms with Gasteiger partial charge in [0.25, 0.3) is 0 Å². The van der Waals surface area contributed by atoms with E-state index < -0.39 is 12.2 Å². The lowest BCUT2D eigenvalue weighted by molar-refractivity contribution is 0.0166. The van der Waals surface area contributed by atoms with Crippen molar-refractivity contribution in [3.05, 3.63) is 23.4 Å². The lowest BCUT2D eigenvalue weighted by Gasteiger charge is -2.19. The summed E-state index contributed by atoms with van der Waals surface area (Å²) in [5.74, 6) is 1.03. The minimum Gasteiger partial charge on any atom is -0.481 e. The van der Waals surface area contributed by atoms with E-state index in [1.807, 2.05) is 6.92 Å². The highest BCUT2D eigenvalue weighted by molar-refractivity contribution is 7.80. The molecular formula is C11H17NO3S. The summed E-state index contributed by atoms with van der Waals surface area (Å²) in [4.78, 5) is 4.01. The van der Waals surface area contributed by atoms with Crippen molar-refractivity contribution < 1.29 is 14.9 Å². The summed E-state index contributed by atoms with van der Waals surface area (Å²) in [6.07, 6.45) is 0.230. The fourth-order valence-corrected chi connectivity index (χ4v) is 1.72. The number of methoxy groups -OCH3 is 1. The van der Waals surface area contributed by atoms with E-state index in [1.54, 1.807) is 6.07 Å². The second-order valence-electron chi connectivity index (χ2n) is 3.61. The minimum atomic E-state index is -0.925. The molecule has 1 aromatic rings. The molecule has 1 heterocycles. The summed E-state index contributed by atoms with van der Waals surface area (Å²) in [6.45, 7) is 1.84. The van der Waals surface area contributed by atoms with Crippen LogP contribution in [0.5, 0.6) is 5.88 Å². The SMILES string of the molecule is COc1cc(C)c(C(O)C(O)CCS)cn1. The molecule has 2 atom stereocenters. The first-order chi connectivity index (χ1) is 7.60. The van der Waals surface area contributed by atoms with E-state index in [4.69, 9.17) is 4.74 Å². The molecule has 0 spiro atoms. The largest absolute Gasteiger partial charge is 0.481 e. The van der Waals surface area contributed by atoms with Gasteiger partial charge in [0.1, 0.15) is 6.10 Å². The molecule has 0 aromatic carbocycles. The molecule has 0 fully saturated rings. The Bertz CT molecular complexity index is 346. The highest BCUT2D eigenvalue weighted by Gasteiger charge is 2.20. The van der Waals surface area contributed by atoms with Gasteiger partial charge in [0, 0.05) is 17.8 Å².